The highest BCUT2D eigenvalue weighted by atomic mass is 32.2. The van der Waals surface area contributed by atoms with Gasteiger partial charge in [0.05, 0.1) is 16.9 Å². The molecular formula is C26H35N5O8S2. The first-order chi connectivity index (χ1) is 19.3. The zero-order valence-electron chi connectivity index (χ0n) is 23.4. The van der Waals surface area contributed by atoms with Gasteiger partial charge in [-0.1, -0.05) is 5.92 Å². The minimum absolute atomic E-state index is 0.0441. The Morgan fingerprint density at radius 1 is 1.10 bits per heavy atom. The molecule has 0 aromatic heterocycles. The van der Waals surface area contributed by atoms with Crippen LogP contribution in [0.2, 0.25) is 0 Å². The fourth-order valence-electron chi connectivity index (χ4n) is 3.85. The van der Waals surface area contributed by atoms with Crippen molar-refractivity contribution in [3.05, 3.63) is 47.0 Å². The number of methoxy groups -OCH3 is 1. The number of guanidine groups is 1. The molecule has 0 radical (unpaired) electrons. The summed E-state index contributed by atoms with van der Waals surface area (Å²) in [6, 6.07) is 5.76. The van der Waals surface area contributed by atoms with Crippen molar-refractivity contribution in [3.8, 4) is 23.3 Å². The van der Waals surface area contributed by atoms with Crippen molar-refractivity contribution in [3.63, 3.8) is 0 Å². The molecule has 0 spiro atoms. The molecule has 0 heterocycles. The van der Waals surface area contributed by atoms with Gasteiger partial charge in [0.25, 0.3) is 15.9 Å². The van der Waals surface area contributed by atoms with Crippen LogP contribution in [-0.2, 0) is 24.8 Å². The fraction of sp³-hybridized carbons (Fsp3) is 0.385. The van der Waals surface area contributed by atoms with Gasteiger partial charge in [-0.25, -0.2) is 27.0 Å². The minimum Gasteiger partial charge on any atom is -0.496 e. The highest BCUT2D eigenvalue weighted by Gasteiger charge is 2.26. The Morgan fingerprint density at radius 3 is 2.34 bits per heavy atom. The quantitative estimate of drug-likeness (QED) is 0.0554. The zero-order chi connectivity index (χ0) is 30.8. The topological polar surface area (TPSA) is 199 Å². The molecule has 41 heavy (non-hydrogen) atoms. The second-order valence-electron chi connectivity index (χ2n) is 8.83. The van der Waals surface area contributed by atoms with Crippen LogP contribution in [0.25, 0.3) is 0 Å². The molecule has 15 heteroatoms. The monoisotopic (exact) mass is 609 g/mol. The van der Waals surface area contributed by atoms with Gasteiger partial charge >= 0.3 is 0 Å². The fourth-order valence-corrected chi connectivity index (χ4v) is 6.56. The molecule has 0 aliphatic heterocycles. The first kappa shape index (κ1) is 33.4. The molecule has 0 saturated heterocycles. The van der Waals surface area contributed by atoms with Gasteiger partial charge in [0, 0.05) is 6.54 Å². The molecule has 0 aliphatic rings. The summed E-state index contributed by atoms with van der Waals surface area (Å²) in [5, 5.41) is 9.10. The molecule has 0 bridgehead atoms. The number of nitrogens with zero attached hydrogens (tertiary/aromatic N) is 1. The highest BCUT2D eigenvalue weighted by molar-refractivity contribution is 7.90. The maximum absolute atomic E-state index is 13.0. The summed E-state index contributed by atoms with van der Waals surface area (Å²) in [5.74, 6) is 5.00. The van der Waals surface area contributed by atoms with Crippen LogP contribution >= 0.6 is 0 Å². The third-order valence-electron chi connectivity index (χ3n) is 5.98. The largest absolute Gasteiger partial charge is 0.496 e. The maximum atomic E-state index is 13.0. The second-order valence-corrected chi connectivity index (χ2v) is 12.2. The molecule has 2 aromatic carbocycles. The Morgan fingerprint density at radius 2 is 1.76 bits per heavy atom. The predicted molar refractivity (Wildman–Crippen MR) is 153 cm³/mol. The van der Waals surface area contributed by atoms with Gasteiger partial charge in [-0.2, -0.15) is 4.72 Å². The van der Waals surface area contributed by atoms with Crippen molar-refractivity contribution < 1.29 is 36.3 Å². The number of benzene rings is 2. The lowest BCUT2D eigenvalue weighted by Gasteiger charge is -2.17. The van der Waals surface area contributed by atoms with E-state index in [0.29, 0.717) is 28.2 Å². The average Bonchev–Trinajstić information content (AvgIpc) is 2.91. The normalized spacial score (nSPS) is 12.6. The lowest BCUT2D eigenvalue weighted by atomic mass is 10.1. The Hall–Kier alpha value is -3.84. The van der Waals surface area contributed by atoms with Gasteiger partial charge in [0.1, 0.15) is 24.1 Å². The SMILES string of the molecule is CC#CCOc1ccc(S(=O)(=O)N[C@H](CCCN=C(N)NS(=O)(=O)c2c(C)cc(OC)c(C)c2C)C(=O)NO)cc1. The van der Waals surface area contributed by atoms with Crippen molar-refractivity contribution in [2.24, 2.45) is 10.7 Å². The van der Waals surface area contributed by atoms with Gasteiger partial charge < -0.3 is 15.2 Å². The molecule has 13 nitrogen and oxygen atoms in total. The number of aryl methyl sites for hydroxylation is 1. The number of amides is 1. The van der Waals surface area contributed by atoms with E-state index in [0.717, 1.165) is 0 Å². The number of carbonyl (C=O) groups is 1. The molecule has 0 saturated carbocycles. The van der Waals surface area contributed by atoms with Crippen molar-refractivity contribution in [1.29, 1.82) is 0 Å². The van der Waals surface area contributed by atoms with Crippen LogP contribution in [0, 0.1) is 32.6 Å². The Kier molecular flexibility index (Phi) is 12.0. The summed E-state index contributed by atoms with van der Waals surface area (Å²) in [6.07, 6.45) is 0.0376. The van der Waals surface area contributed by atoms with Crippen LogP contribution in [-0.4, -0.2) is 60.2 Å². The van der Waals surface area contributed by atoms with Gasteiger partial charge in [-0.3, -0.25) is 15.0 Å². The molecule has 224 valence electrons. The van der Waals surface area contributed by atoms with E-state index in [1.165, 1.54) is 36.9 Å². The number of ether oxygens (including phenoxy) is 2. The third-order valence-corrected chi connectivity index (χ3v) is 9.12. The van der Waals surface area contributed by atoms with E-state index in [-0.39, 0.29) is 41.7 Å². The molecule has 2 aromatic rings. The number of sulfonamides is 2. The molecule has 0 aliphatic carbocycles. The molecule has 6 N–H and O–H groups in total. The van der Waals surface area contributed by atoms with Gasteiger partial charge in [-0.15, -0.1) is 5.92 Å². The van der Waals surface area contributed by atoms with Crippen molar-refractivity contribution in [2.75, 3.05) is 20.3 Å². The molecule has 1 amide bonds. The second kappa shape index (κ2) is 14.7. The number of nitrogens with two attached hydrogens (primary N) is 1. The number of hydroxylamine groups is 1. The van der Waals surface area contributed by atoms with Crippen molar-refractivity contribution in [2.45, 2.75) is 56.4 Å². The van der Waals surface area contributed by atoms with Crippen LogP contribution in [0.1, 0.15) is 36.5 Å². The van der Waals surface area contributed by atoms with E-state index in [1.54, 1.807) is 33.8 Å². The van der Waals surface area contributed by atoms with Gasteiger partial charge in [0.15, 0.2) is 0 Å². The van der Waals surface area contributed by atoms with Crippen molar-refractivity contribution >= 4 is 31.9 Å². The molecule has 1 atom stereocenters. The number of hydrogen-bond donors (Lipinski definition) is 5. The number of aliphatic imine (C=N–C) groups is 1. The lowest BCUT2D eigenvalue weighted by molar-refractivity contribution is -0.131. The maximum Gasteiger partial charge on any atom is 0.264 e. The first-order valence-corrected chi connectivity index (χ1v) is 15.3. The molecular weight excluding hydrogens is 574 g/mol. The molecule has 0 fully saturated rings. The predicted octanol–water partition coefficient (Wildman–Crippen LogP) is 1.25. The minimum atomic E-state index is -4.15. The standard InChI is InChI=1S/C26H35N5O8S2/c1-6-7-15-39-20-10-12-21(13-11-20)40(34,35)30-22(25(32)29-33)9-8-14-28-26(27)31-41(36,37)24-17(2)16-23(38-5)18(3)19(24)4/h10-13,16,22,30,33H,8-9,14-15H2,1-5H3,(H,29,32)(H3,27,28,31)/t22-/m1/s1. The summed E-state index contributed by atoms with van der Waals surface area (Å²) in [6.45, 7) is 6.80. The van der Waals surface area contributed by atoms with Gasteiger partial charge in [-0.05, 0) is 87.6 Å². The third kappa shape index (κ3) is 9.08. The smallest absolute Gasteiger partial charge is 0.264 e. The number of carbonyl (C=O) groups excluding carboxylic acids is 1. The average molecular weight is 610 g/mol. The van der Waals surface area contributed by atoms with E-state index < -0.39 is 32.0 Å². The first-order valence-electron chi connectivity index (χ1n) is 12.3. The number of rotatable bonds is 13. The summed E-state index contributed by atoms with van der Waals surface area (Å²) in [4.78, 5) is 16.1. The highest BCUT2D eigenvalue weighted by Crippen LogP contribution is 2.30. The Labute approximate surface area is 240 Å². The lowest BCUT2D eigenvalue weighted by Crippen LogP contribution is -2.45. The summed E-state index contributed by atoms with van der Waals surface area (Å²) in [5.41, 5.74) is 8.87. The van der Waals surface area contributed by atoms with Gasteiger partial charge in [0.2, 0.25) is 16.0 Å². The van der Waals surface area contributed by atoms with E-state index >= 15 is 0 Å². The summed E-state index contributed by atoms with van der Waals surface area (Å²) in [7, 11) is -6.72. The van der Waals surface area contributed by atoms with E-state index in [2.05, 4.69) is 26.3 Å². The summed E-state index contributed by atoms with van der Waals surface area (Å²) >= 11 is 0. The molecule has 0 unspecified atom stereocenters. The van der Waals surface area contributed by atoms with E-state index in [9.17, 15) is 21.6 Å². The van der Waals surface area contributed by atoms with Crippen LogP contribution < -0.4 is 30.1 Å². The van der Waals surface area contributed by atoms with E-state index in [1.807, 2.05) is 0 Å². The van der Waals surface area contributed by atoms with Crippen LogP contribution in [0.3, 0.4) is 0 Å². The zero-order valence-corrected chi connectivity index (χ0v) is 25.1. The number of nitrogens with one attached hydrogen (secondary N) is 3. The summed E-state index contributed by atoms with van der Waals surface area (Å²) < 4.78 is 66.8. The van der Waals surface area contributed by atoms with Crippen LogP contribution in [0.15, 0.2) is 45.1 Å². The Balaban J connectivity index is 2.06. The number of hydrogen-bond acceptors (Lipinski definition) is 9. The molecule has 2 rings (SSSR count). The van der Waals surface area contributed by atoms with Crippen LogP contribution in [0.5, 0.6) is 11.5 Å². The van der Waals surface area contributed by atoms with Crippen molar-refractivity contribution in [1.82, 2.24) is 14.9 Å². The van der Waals surface area contributed by atoms with Crippen LogP contribution in [0.4, 0.5) is 0 Å². The Bertz CT molecular complexity index is 1540. The van der Waals surface area contributed by atoms with E-state index in [4.69, 9.17) is 20.4 Å².